The highest BCUT2D eigenvalue weighted by molar-refractivity contribution is 9.09. The van der Waals surface area contributed by atoms with Gasteiger partial charge in [-0.05, 0) is 6.42 Å². The van der Waals surface area contributed by atoms with Gasteiger partial charge in [0.1, 0.15) is 6.10 Å². The van der Waals surface area contributed by atoms with Crippen LogP contribution in [0.1, 0.15) is 13.3 Å². The number of ether oxygens (including phenoxy) is 2. The minimum Gasteiger partial charge on any atom is -0.438 e. The Morgan fingerprint density at radius 2 is 2.12 bits per heavy atom. The Balaban J connectivity index is 4.04. The predicted octanol–water partition coefficient (Wildman–Crippen LogP) is 2.08. The third-order valence-electron chi connectivity index (χ3n) is 1.64. The zero-order valence-corrected chi connectivity index (χ0v) is 12.1. The molecule has 0 heterocycles. The van der Waals surface area contributed by atoms with Gasteiger partial charge in [-0.1, -0.05) is 22.9 Å². The Labute approximate surface area is 108 Å². The van der Waals surface area contributed by atoms with Crippen LogP contribution in [0, 0.1) is 0 Å². The molecule has 7 nitrogen and oxygen atoms in total. The summed E-state index contributed by atoms with van der Waals surface area (Å²) in [5.74, 6) is 0. The van der Waals surface area contributed by atoms with Crippen molar-refractivity contribution < 1.29 is 32.8 Å². The van der Waals surface area contributed by atoms with Gasteiger partial charge in [0.25, 0.3) is 0 Å². The van der Waals surface area contributed by atoms with Crippen LogP contribution in [-0.2, 0) is 23.1 Å². The van der Waals surface area contributed by atoms with E-state index in [0.717, 1.165) is 0 Å². The number of hydrogen-bond donors (Lipinski definition) is 1. The van der Waals surface area contributed by atoms with Crippen molar-refractivity contribution in [2.75, 3.05) is 25.7 Å². The predicted molar refractivity (Wildman–Crippen MR) is 63.1 cm³/mol. The molecule has 1 N–H and O–H groups in total. The molecule has 0 aromatic carbocycles. The summed E-state index contributed by atoms with van der Waals surface area (Å²) in [4.78, 5) is 20.0. The highest BCUT2D eigenvalue weighted by atomic mass is 79.9. The molecule has 0 aliphatic rings. The second-order valence-electron chi connectivity index (χ2n) is 2.89. The van der Waals surface area contributed by atoms with Gasteiger partial charge in [0.2, 0.25) is 0 Å². The van der Waals surface area contributed by atoms with Gasteiger partial charge >= 0.3 is 14.0 Å². The van der Waals surface area contributed by atoms with E-state index in [1.54, 1.807) is 6.92 Å². The maximum atomic E-state index is 11.3. The summed E-state index contributed by atoms with van der Waals surface area (Å²) in [5, 5.41) is 0.413. The van der Waals surface area contributed by atoms with E-state index in [0.29, 0.717) is 11.8 Å². The Kier molecular flexibility index (Phi) is 8.81. The highest BCUT2D eigenvalue weighted by Crippen LogP contribution is 2.43. The van der Waals surface area contributed by atoms with Crippen LogP contribution >= 0.6 is 23.8 Å². The molecule has 0 rings (SSSR count). The molecular weight excluding hydrogens is 319 g/mol. The van der Waals surface area contributed by atoms with E-state index in [2.05, 4.69) is 29.7 Å². The first-order chi connectivity index (χ1) is 7.95. The zero-order chi connectivity index (χ0) is 13.3. The quantitative estimate of drug-likeness (QED) is 0.412. The summed E-state index contributed by atoms with van der Waals surface area (Å²) in [7, 11) is -2.92. The van der Waals surface area contributed by atoms with Gasteiger partial charge in [0.15, 0.2) is 0 Å². The Morgan fingerprint density at radius 1 is 1.47 bits per heavy atom. The van der Waals surface area contributed by atoms with Crippen LogP contribution in [0.2, 0.25) is 0 Å². The third-order valence-corrected chi connectivity index (χ3v) is 2.95. The molecule has 0 aromatic heterocycles. The molecule has 2 unspecified atom stereocenters. The number of phosphoric ester groups is 1. The van der Waals surface area contributed by atoms with E-state index in [4.69, 9.17) is 4.74 Å². The summed E-state index contributed by atoms with van der Waals surface area (Å²) < 4.78 is 29.6. The second-order valence-corrected chi connectivity index (χ2v) is 5.14. The molecule has 17 heavy (non-hydrogen) atoms. The van der Waals surface area contributed by atoms with Crippen molar-refractivity contribution in [3.63, 3.8) is 0 Å². The topological polar surface area (TPSA) is 91.3 Å². The van der Waals surface area contributed by atoms with Crippen LogP contribution < -0.4 is 0 Å². The Hall–Kier alpha value is -0.140. The number of carbonyl (C=O) groups is 1. The first-order valence-corrected chi connectivity index (χ1v) is 7.49. The van der Waals surface area contributed by atoms with Gasteiger partial charge < -0.3 is 14.4 Å². The summed E-state index contributed by atoms with van der Waals surface area (Å²) in [6.07, 6.45) is -1.10. The van der Waals surface area contributed by atoms with E-state index < -0.39 is 20.1 Å². The molecule has 2 atom stereocenters. The minimum absolute atomic E-state index is 0.0441. The molecule has 0 aromatic rings. The van der Waals surface area contributed by atoms with Gasteiger partial charge in [-0.15, -0.1) is 0 Å². The summed E-state index contributed by atoms with van der Waals surface area (Å²) >= 11 is 3.04. The molecule has 0 fully saturated rings. The molecule has 0 spiro atoms. The number of halogens is 1. The Bertz CT molecular complexity index is 273. The van der Waals surface area contributed by atoms with Gasteiger partial charge in [-0.2, -0.15) is 0 Å². The fourth-order valence-corrected chi connectivity index (χ4v) is 1.95. The summed E-state index contributed by atoms with van der Waals surface area (Å²) in [6, 6.07) is 0. The molecule has 102 valence electrons. The third kappa shape index (κ3) is 8.57. The molecule has 0 saturated heterocycles. The molecule has 9 heteroatoms. The first-order valence-electron chi connectivity index (χ1n) is 4.87. The van der Waals surface area contributed by atoms with Crippen molar-refractivity contribution in [3.8, 4) is 0 Å². The normalized spacial score (nSPS) is 16.0. The van der Waals surface area contributed by atoms with E-state index in [9.17, 15) is 14.3 Å². The molecule has 0 aliphatic carbocycles. The lowest BCUT2D eigenvalue weighted by Gasteiger charge is -2.17. The fourth-order valence-electron chi connectivity index (χ4n) is 0.784. The number of methoxy groups -OCH3 is 1. The van der Waals surface area contributed by atoms with Crippen LogP contribution in [0.4, 0.5) is 4.79 Å². The SMILES string of the molecule is CCC(COP(=O)(O)OCCBr)OC(=O)OC. The number of rotatable bonds is 8. The number of alkyl halides is 1. The highest BCUT2D eigenvalue weighted by Gasteiger charge is 2.24. The van der Waals surface area contributed by atoms with Gasteiger partial charge in [0, 0.05) is 5.33 Å². The molecule has 0 saturated carbocycles. The lowest BCUT2D eigenvalue weighted by atomic mass is 10.3. The number of hydrogen-bond acceptors (Lipinski definition) is 6. The Morgan fingerprint density at radius 3 is 2.59 bits per heavy atom. The number of carbonyl (C=O) groups excluding carboxylic acids is 1. The maximum Gasteiger partial charge on any atom is 0.508 e. The molecule has 0 amide bonds. The monoisotopic (exact) mass is 334 g/mol. The average Bonchev–Trinajstić information content (AvgIpc) is 2.31. The maximum absolute atomic E-state index is 11.3. The average molecular weight is 335 g/mol. The molecular formula is C8H16BrO7P. The molecule has 0 bridgehead atoms. The largest absolute Gasteiger partial charge is 0.508 e. The zero-order valence-electron chi connectivity index (χ0n) is 9.63. The van der Waals surface area contributed by atoms with Crippen molar-refractivity contribution in [3.05, 3.63) is 0 Å². The van der Waals surface area contributed by atoms with E-state index in [1.807, 2.05) is 0 Å². The van der Waals surface area contributed by atoms with Crippen LogP contribution in [0.5, 0.6) is 0 Å². The lowest BCUT2D eigenvalue weighted by Crippen LogP contribution is -2.22. The van der Waals surface area contributed by atoms with Crippen molar-refractivity contribution in [1.82, 2.24) is 0 Å². The minimum atomic E-state index is -4.09. The van der Waals surface area contributed by atoms with E-state index in [1.165, 1.54) is 7.11 Å². The second kappa shape index (κ2) is 8.88. The van der Waals surface area contributed by atoms with Crippen LogP contribution in [-0.4, -0.2) is 42.8 Å². The molecule has 0 aliphatic heterocycles. The molecule has 0 radical (unpaired) electrons. The first kappa shape index (κ1) is 16.9. The van der Waals surface area contributed by atoms with Gasteiger partial charge in [-0.25, -0.2) is 9.36 Å². The lowest BCUT2D eigenvalue weighted by molar-refractivity contribution is 0.00890. The van der Waals surface area contributed by atoms with E-state index in [-0.39, 0.29) is 13.2 Å². The van der Waals surface area contributed by atoms with Crippen molar-refractivity contribution in [1.29, 1.82) is 0 Å². The van der Waals surface area contributed by atoms with Crippen molar-refractivity contribution in [2.45, 2.75) is 19.4 Å². The van der Waals surface area contributed by atoms with E-state index >= 15 is 0 Å². The fraction of sp³-hybridized carbons (Fsp3) is 0.875. The van der Waals surface area contributed by atoms with Crippen LogP contribution in [0.3, 0.4) is 0 Å². The standard InChI is InChI=1S/C8H16BrO7P/c1-3-7(16-8(10)13-2)6-15-17(11,12)14-5-4-9/h7H,3-6H2,1-2H3,(H,11,12). The van der Waals surface area contributed by atoms with Crippen LogP contribution in [0.25, 0.3) is 0 Å². The van der Waals surface area contributed by atoms with Crippen molar-refractivity contribution >= 4 is 29.9 Å². The van der Waals surface area contributed by atoms with Crippen molar-refractivity contribution in [2.24, 2.45) is 0 Å². The summed E-state index contributed by atoms with van der Waals surface area (Å²) in [6.45, 7) is 1.54. The van der Waals surface area contributed by atoms with Crippen LogP contribution in [0.15, 0.2) is 0 Å². The smallest absolute Gasteiger partial charge is 0.438 e. The van der Waals surface area contributed by atoms with Gasteiger partial charge in [0.05, 0.1) is 20.3 Å². The number of phosphoric acid groups is 1. The summed E-state index contributed by atoms with van der Waals surface area (Å²) in [5.41, 5.74) is 0. The van der Waals surface area contributed by atoms with Gasteiger partial charge in [-0.3, -0.25) is 9.05 Å².